The molecule has 13 nitrogen and oxygen atoms in total. The van der Waals surface area contributed by atoms with Crippen molar-refractivity contribution < 1.29 is 21.8 Å². The molecule has 2 aromatic heterocycles. The maximum atomic E-state index is 12.9. The summed E-state index contributed by atoms with van der Waals surface area (Å²) in [6.07, 6.45) is 0. The maximum absolute atomic E-state index is 12.9. The third-order valence-corrected chi connectivity index (χ3v) is 16.8. The van der Waals surface area contributed by atoms with Crippen molar-refractivity contribution in [3.8, 4) is 22.5 Å². The van der Waals surface area contributed by atoms with Gasteiger partial charge in [-0.05, 0) is 72.1 Å². The molecule has 0 bridgehead atoms. The SMILES string of the molecule is Cc1cc(C)c(-c2csc(N3CCN(S(=O)(=O)c4ccc([N+](=O)[O-])cc4)CC3)n2)c(C)c1.O=S(=O)(c1ccccc1Br)N1CCN(c2nc(-c3ccccc3)cs2)CC1. The molecule has 0 N–H and O–H groups in total. The number of non-ortho nitro benzene ring substituents is 1. The first-order chi connectivity index (χ1) is 28.2. The lowest BCUT2D eigenvalue weighted by Crippen LogP contribution is -2.48. The molecule has 59 heavy (non-hydrogen) atoms. The van der Waals surface area contributed by atoms with Crippen molar-refractivity contribution in [1.82, 2.24) is 18.6 Å². The van der Waals surface area contributed by atoms with E-state index in [1.165, 1.54) is 45.3 Å². The summed E-state index contributed by atoms with van der Waals surface area (Å²) in [7, 11) is -7.19. The van der Waals surface area contributed by atoms with Crippen molar-refractivity contribution in [3.63, 3.8) is 0 Å². The minimum Gasteiger partial charge on any atom is -0.345 e. The van der Waals surface area contributed by atoms with E-state index in [1.807, 2.05) is 36.4 Å². The normalized spacial score (nSPS) is 15.5. The number of nitro groups is 1. The number of piperazine rings is 2. The third kappa shape index (κ3) is 9.43. The highest BCUT2D eigenvalue weighted by Crippen LogP contribution is 2.34. The smallest absolute Gasteiger partial charge is 0.269 e. The number of sulfonamides is 2. The fourth-order valence-electron chi connectivity index (χ4n) is 7.18. The van der Waals surface area contributed by atoms with E-state index < -0.39 is 25.0 Å². The average Bonchev–Trinajstić information content (AvgIpc) is 3.93. The van der Waals surface area contributed by atoms with Crippen LogP contribution >= 0.6 is 38.6 Å². The van der Waals surface area contributed by atoms with E-state index in [0.29, 0.717) is 61.7 Å². The van der Waals surface area contributed by atoms with Gasteiger partial charge in [0.2, 0.25) is 20.0 Å². The van der Waals surface area contributed by atoms with Gasteiger partial charge < -0.3 is 9.80 Å². The second kappa shape index (κ2) is 18.0. The van der Waals surface area contributed by atoms with E-state index in [-0.39, 0.29) is 10.6 Å². The molecule has 0 saturated carbocycles. The van der Waals surface area contributed by atoms with Crippen LogP contribution in [0.1, 0.15) is 16.7 Å². The minimum absolute atomic E-state index is 0.0680. The molecule has 4 heterocycles. The van der Waals surface area contributed by atoms with Crippen molar-refractivity contribution in [3.05, 3.63) is 133 Å². The maximum Gasteiger partial charge on any atom is 0.269 e. The molecule has 4 aromatic carbocycles. The van der Waals surface area contributed by atoms with Gasteiger partial charge in [-0.3, -0.25) is 10.1 Å². The van der Waals surface area contributed by atoms with Gasteiger partial charge in [0.05, 0.1) is 26.1 Å². The first-order valence-corrected chi connectivity index (χ1v) is 24.2. The van der Waals surface area contributed by atoms with Crippen LogP contribution in [0.3, 0.4) is 0 Å². The van der Waals surface area contributed by atoms with Crippen LogP contribution in [0, 0.1) is 30.9 Å². The van der Waals surface area contributed by atoms with Crippen LogP contribution in [-0.2, 0) is 20.0 Å². The van der Waals surface area contributed by atoms with Gasteiger partial charge in [-0.15, -0.1) is 22.7 Å². The molecule has 2 aliphatic heterocycles. The van der Waals surface area contributed by atoms with Crippen LogP contribution in [0.4, 0.5) is 16.0 Å². The molecular weight excluding hydrogens is 895 g/mol. The largest absolute Gasteiger partial charge is 0.345 e. The fraction of sp³-hybridized carbons (Fsp3) is 0.268. The molecule has 308 valence electrons. The summed E-state index contributed by atoms with van der Waals surface area (Å²) < 4.78 is 55.2. The van der Waals surface area contributed by atoms with E-state index in [9.17, 15) is 26.9 Å². The van der Waals surface area contributed by atoms with E-state index in [1.54, 1.807) is 45.2 Å². The summed E-state index contributed by atoms with van der Waals surface area (Å²) in [4.78, 5) is 24.5. The summed E-state index contributed by atoms with van der Waals surface area (Å²) in [5.74, 6) is 0. The van der Waals surface area contributed by atoms with Crippen LogP contribution in [0.2, 0.25) is 0 Å². The average molecular weight is 937 g/mol. The molecular formula is C41H42BrN7O6S4. The summed E-state index contributed by atoms with van der Waals surface area (Å²) in [6, 6.07) is 26.4. The third-order valence-electron chi connectivity index (χ3n) is 10.1. The number of benzene rings is 4. The van der Waals surface area contributed by atoms with E-state index in [0.717, 1.165) is 32.8 Å². The molecule has 6 aromatic rings. The summed E-state index contributed by atoms with van der Waals surface area (Å²) in [5, 5.41) is 16.7. The number of hydrogen-bond donors (Lipinski definition) is 0. The zero-order valence-electron chi connectivity index (χ0n) is 32.6. The Morgan fingerprint density at radius 1 is 0.644 bits per heavy atom. The summed E-state index contributed by atoms with van der Waals surface area (Å²) >= 11 is 6.51. The summed E-state index contributed by atoms with van der Waals surface area (Å²) in [5.41, 5.74) is 7.63. The number of nitro benzene ring substituents is 1. The number of halogens is 1. The number of thiazole rings is 2. The molecule has 0 atom stereocenters. The zero-order valence-corrected chi connectivity index (χ0v) is 37.4. The Morgan fingerprint density at radius 2 is 1.14 bits per heavy atom. The highest BCUT2D eigenvalue weighted by atomic mass is 79.9. The quantitative estimate of drug-likeness (QED) is 0.103. The first kappa shape index (κ1) is 42.6. The Labute approximate surface area is 361 Å². The Bertz CT molecular complexity index is 2640. The molecule has 0 aliphatic carbocycles. The summed E-state index contributed by atoms with van der Waals surface area (Å²) in [6.45, 7) is 10.2. The number of aryl methyl sites for hydroxylation is 3. The van der Waals surface area contributed by atoms with E-state index in [4.69, 9.17) is 9.97 Å². The molecule has 0 unspecified atom stereocenters. The Kier molecular flexibility index (Phi) is 13.0. The van der Waals surface area contributed by atoms with Crippen LogP contribution in [0.25, 0.3) is 22.5 Å². The van der Waals surface area contributed by atoms with E-state index in [2.05, 4.69) is 69.4 Å². The number of nitrogens with zero attached hydrogens (tertiary/aromatic N) is 7. The highest BCUT2D eigenvalue weighted by molar-refractivity contribution is 9.10. The van der Waals surface area contributed by atoms with Crippen molar-refractivity contribution >= 4 is 74.6 Å². The molecule has 0 radical (unpaired) electrons. The van der Waals surface area contributed by atoms with Gasteiger partial charge in [0.15, 0.2) is 10.3 Å². The minimum atomic E-state index is -3.70. The number of anilines is 2. The van der Waals surface area contributed by atoms with Crippen LogP contribution in [0.15, 0.2) is 116 Å². The van der Waals surface area contributed by atoms with Gasteiger partial charge in [-0.25, -0.2) is 26.8 Å². The van der Waals surface area contributed by atoms with Crippen molar-refractivity contribution in [2.24, 2.45) is 0 Å². The van der Waals surface area contributed by atoms with Crippen molar-refractivity contribution in [2.75, 3.05) is 62.2 Å². The number of rotatable bonds is 9. The van der Waals surface area contributed by atoms with Gasteiger partial charge in [0.25, 0.3) is 5.69 Å². The molecule has 0 amide bonds. The Morgan fingerprint density at radius 3 is 1.68 bits per heavy atom. The second-order valence-corrected chi connectivity index (χ2v) is 20.5. The van der Waals surface area contributed by atoms with Gasteiger partial charge >= 0.3 is 0 Å². The highest BCUT2D eigenvalue weighted by Gasteiger charge is 2.32. The first-order valence-electron chi connectivity index (χ1n) is 18.8. The van der Waals surface area contributed by atoms with Gasteiger partial charge in [-0.2, -0.15) is 8.61 Å². The van der Waals surface area contributed by atoms with Gasteiger partial charge in [-0.1, -0.05) is 60.2 Å². The number of hydrogen-bond acceptors (Lipinski definition) is 12. The van der Waals surface area contributed by atoms with Crippen LogP contribution < -0.4 is 9.80 Å². The predicted molar refractivity (Wildman–Crippen MR) is 238 cm³/mol. The van der Waals surface area contributed by atoms with Gasteiger partial charge in [0, 0.05) is 90.9 Å². The molecule has 18 heteroatoms. The lowest BCUT2D eigenvalue weighted by molar-refractivity contribution is -0.384. The molecule has 2 saturated heterocycles. The standard InChI is InChI=1S/C22H24N4O4S2.C19H18BrN3O2S2/c1-15-12-16(2)21(17(3)13-15)20-14-31-22(23-20)24-8-10-25(11-9-24)32(29,30)19-6-4-18(5-7-19)26(27)28;20-16-8-4-5-9-18(16)27(24,25)23-12-10-22(11-13-23)19-21-17(14-26-19)15-6-2-1-3-7-15/h4-7,12-14H,8-11H2,1-3H3;1-9,14H,10-13H2. The lowest BCUT2D eigenvalue weighted by atomic mass is 9.98. The van der Waals surface area contributed by atoms with Crippen molar-refractivity contribution in [2.45, 2.75) is 30.6 Å². The molecule has 2 fully saturated rings. The fourth-order valence-corrected chi connectivity index (χ4v) is 12.7. The molecule has 2 aliphatic rings. The van der Waals surface area contributed by atoms with Crippen LogP contribution in [-0.4, -0.2) is 92.7 Å². The van der Waals surface area contributed by atoms with Crippen LogP contribution in [0.5, 0.6) is 0 Å². The predicted octanol–water partition coefficient (Wildman–Crippen LogP) is 8.24. The molecule has 8 rings (SSSR count). The Balaban J connectivity index is 0.000000181. The van der Waals surface area contributed by atoms with Gasteiger partial charge in [0.1, 0.15) is 0 Å². The van der Waals surface area contributed by atoms with E-state index >= 15 is 0 Å². The second-order valence-electron chi connectivity index (χ2n) is 14.1. The monoisotopic (exact) mass is 935 g/mol. The van der Waals surface area contributed by atoms with Crippen molar-refractivity contribution in [1.29, 1.82) is 0 Å². The lowest BCUT2D eigenvalue weighted by Gasteiger charge is -2.33. The Hall–Kier alpha value is -4.56. The zero-order chi connectivity index (χ0) is 41.9. The number of aromatic nitrogens is 2. The molecule has 0 spiro atoms. The topological polar surface area (TPSA) is 150 Å².